The van der Waals surface area contributed by atoms with E-state index in [-0.39, 0.29) is 23.0 Å². The van der Waals surface area contributed by atoms with Gasteiger partial charge in [-0.1, -0.05) is 36.8 Å². The maximum atomic E-state index is 12.3. The number of hydrogen-bond donors (Lipinski definition) is 4. The third-order valence-electron chi connectivity index (χ3n) is 9.43. The number of aliphatic hydroxyl groups is 2. The smallest absolute Gasteiger partial charge is 0.248 e. The molecule has 5 unspecified atom stereocenters. The van der Waals surface area contributed by atoms with Crippen LogP contribution in [0.3, 0.4) is 0 Å². The highest BCUT2D eigenvalue weighted by Crippen LogP contribution is 2.65. The maximum Gasteiger partial charge on any atom is 0.248 e. The number of nitrogens with one attached hydrogen (secondary N) is 2. The van der Waals surface area contributed by atoms with Gasteiger partial charge >= 0.3 is 0 Å². The van der Waals surface area contributed by atoms with Crippen molar-refractivity contribution in [2.24, 2.45) is 17.3 Å². The zero-order valence-corrected chi connectivity index (χ0v) is 22.4. The molecule has 4 N–H and O–H groups in total. The number of fused-ring (bicyclic) bond motifs is 5. The van der Waals surface area contributed by atoms with E-state index in [9.17, 15) is 15.0 Å². The first-order valence-corrected chi connectivity index (χ1v) is 13.7. The van der Waals surface area contributed by atoms with Crippen LogP contribution in [0.2, 0.25) is 0 Å². The van der Waals surface area contributed by atoms with Crippen LogP contribution in [0, 0.1) is 17.3 Å². The Kier molecular flexibility index (Phi) is 6.74. The van der Waals surface area contributed by atoms with Gasteiger partial charge in [0.1, 0.15) is 0 Å². The highest BCUT2D eigenvalue weighted by Gasteiger charge is 2.64. The lowest BCUT2D eigenvalue weighted by atomic mass is 9.54. The lowest BCUT2D eigenvalue weighted by Gasteiger charge is -2.56. The Balaban J connectivity index is 0.000000848. The molecule has 0 radical (unpaired) electrons. The van der Waals surface area contributed by atoms with E-state index >= 15 is 0 Å². The number of hydrogen-bond acceptors (Lipinski definition) is 4. The third-order valence-corrected chi connectivity index (χ3v) is 10.1. The topological polar surface area (TPSA) is 85.3 Å². The van der Waals surface area contributed by atoms with Crippen molar-refractivity contribution in [1.29, 1.82) is 0 Å². The van der Waals surface area contributed by atoms with Gasteiger partial charge in [-0.2, -0.15) is 0 Å². The highest BCUT2D eigenvalue weighted by atomic mass is 35.5. The Bertz CT molecular complexity index is 1270. The zero-order valence-electron chi connectivity index (χ0n) is 21.6. The van der Waals surface area contributed by atoms with E-state index in [1.54, 1.807) is 12.3 Å². The van der Waals surface area contributed by atoms with Gasteiger partial charge in [-0.05, 0) is 105 Å². The number of allylic oxidation sites excluding steroid dienone is 2. The average molecular weight is 511 g/mol. The molecule has 2 fully saturated rings. The first kappa shape index (κ1) is 25.7. The fraction of sp³-hybridized carbons (Fsp3) is 0.567. The maximum absolute atomic E-state index is 12.3. The molecule has 0 bridgehead atoms. The summed E-state index contributed by atoms with van der Waals surface area (Å²) >= 11 is 7.34. The van der Waals surface area contributed by atoms with E-state index in [1.165, 1.54) is 11.1 Å². The van der Waals surface area contributed by atoms with E-state index < -0.39 is 10.5 Å². The van der Waals surface area contributed by atoms with Crippen molar-refractivity contribution < 1.29 is 10.2 Å². The lowest BCUT2D eigenvalue weighted by molar-refractivity contribution is -0.106. The normalized spacial score (nSPS) is 37.4. The highest BCUT2D eigenvalue weighted by molar-refractivity contribution is 6.26. The SMILES string of the molecule is CC12CCC3(Cl)C=C4CC(O)CCC4CC[C@]3(O)C1CC=C2c1ccc2cc(=O)[nH]cc2c1.CNC. The van der Waals surface area contributed by atoms with Crippen LogP contribution in [0.1, 0.15) is 63.9 Å². The molecule has 0 aliphatic heterocycles. The molecule has 1 heterocycles. The summed E-state index contributed by atoms with van der Waals surface area (Å²) in [4.78, 5) is 13.7. The first-order chi connectivity index (χ1) is 17.1. The van der Waals surface area contributed by atoms with E-state index in [2.05, 4.69) is 41.5 Å². The van der Waals surface area contributed by atoms with Crippen molar-refractivity contribution in [2.45, 2.75) is 74.9 Å². The molecule has 4 aliphatic carbocycles. The number of benzene rings is 1. The minimum absolute atomic E-state index is 0.0550. The summed E-state index contributed by atoms with van der Waals surface area (Å²) in [6.07, 6.45) is 12.6. The summed E-state index contributed by atoms with van der Waals surface area (Å²) in [6.45, 7) is 2.30. The molecule has 36 heavy (non-hydrogen) atoms. The van der Waals surface area contributed by atoms with Crippen LogP contribution >= 0.6 is 11.6 Å². The number of H-pyrrole nitrogens is 1. The largest absolute Gasteiger partial charge is 0.393 e. The number of halogens is 1. The molecule has 5 nitrogen and oxygen atoms in total. The van der Waals surface area contributed by atoms with E-state index in [4.69, 9.17) is 11.6 Å². The summed E-state index contributed by atoms with van der Waals surface area (Å²) in [5, 5.41) is 27.3. The predicted molar refractivity (Wildman–Crippen MR) is 147 cm³/mol. The molecule has 6 atom stereocenters. The van der Waals surface area contributed by atoms with Crippen molar-refractivity contribution in [3.63, 3.8) is 0 Å². The fourth-order valence-corrected chi connectivity index (χ4v) is 8.03. The Morgan fingerprint density at radius 3 is 2.64 bits per heavy atom. The van der Waals surface area contributed by atoms with Crippen molar-refractivity contribution >= 4 is 27.9 Å². The molecule has 6 rings (SSSR count). The molecule has 1 aromatic heterocycles. The van der Waals surface area contributed by atoms with E-state index in [1.807, 2.05) is 20.2 Å². The van der Waals surface area contributed by atoms with Gasteiger partial charge in [-0.25, -0.2) is 0 Å². The Morgan fingerprint density at radius 2 is 1.86 bits per heavy atom. The molecule has 4 aliphatic rings. The molecule has 1 aromatic carbocycles. The van der Waals surface area contributed by atoms with Crippen molar-refractivity contribution in [3.8, 4) is 0 Å². The van der Waals surface area contributed by atoms with Gasteiger partial charge in [0.2, 0.25) is 5.56 Å². The van der Waals surface area contributed by atoms with Crippen LogP contribution in [-0.2, 0) is 0 Å². The van der Waals surface area contributed by atoms with Crippen LogP contribution in [0.25, 0.3) is 16.3 Å². The average Bonchev–Trinajstić information content (AvgIpc) is 3.14. The van der Waals surface area contributed by atoms with E-state index in [0.29, 0.717) is 18.8 Å². The zero-order chi connectivity index (χ0) is 25.7. The van der Waals surface area contributed by atoms with Gasteiger partial charge < -0.3 is 20.5 Å². The fourth-order valence-electron chi connectivity index (χ4n) is 7.57. The second kappa shape index (κ2) is 9.43. The minimum Gasteiger partial charge on any atom is -0.393 e. The van der Waals surface area contributed by atoms with Gasteiger partial charge in [-0.15, -0.1) is 11.6 Å². The standard InChI is InChI=1S/C28H32ClNO3.C2H7N/c1-26-10-11-27(29)15-20-13-22(31)5-4-17(20)8-9-28(27,33)24(26)7-6-23(26)19-3-2-18-14-25(32)30-16-21(18)12-19;1-3-2/h2-3,6,12,14-17,22,24,31,33H,4-5,7-11,13H2,1H3,(H,30,32);3H,1-2H3/t17?,22?,24?,26?,27?,28-;/m0./s1. The second-order valence-electron chi connectivity index (χ2n) is 11.6. The number of aromatic amines is 1. The van der Waals surface area contributed by atoms with Gasteiger partial charge in [0.25, 0.3) is 0 Å². The number of alkyl halides is 1. The molecular formula is C30H39ClN2O3. The molecular weight excluding hydrogens is 472 g/mol. The number of pyridine rings is 1. The summed E-state index contributed by atoms with van der Waals surface area (Å²) in [5.41, 5.74) is 2.49. The molecule has 194 valence electrons. The van der Waals surface area contributed by atoms with Gasteiger partial charge in [0, 0.05) is 18.2 Å². The van der Waals surface area contributed by atoms with Crippen molar-refractivity contribution in [1.82, 2.24) is 10.3 Å². The summed E-state index contributed by atoms with van der Waals surface area (Å²) < 4.78 is 0. The monoisotopic (exact) mass is 510 g/mol. The van der Waals surface area contributed by atoms with Crippen molar-refractivity contribution in [3.05, 3.63) is 64.1 Å². The van der Waals surface area contributed by atoms with Gasteiger partial charge in [0.15, 0.2) is 0 Å². The molecule has 0 spiro atoms. The number of rotatable bonds is 1. The first-order valence-electron chi connectivity index (χ1n) is 13.4. The van der Waals surface area contributed by atoms with Crippen LogP contribution < -0.4 is 10.9 Å². The van der Waals surface area contributed by atoms with E-state index in [0.717, 1.165) is 54.9 Å². The lowest BCUT2D eigenvalue weighted by Crippen LogP contribution is -2.61. The summed E-state index contributed by atoms with van der Waals surface area (Å²) in [5.74, 6) is 0.487. The second-order valence-corrected chi connectivity index (χ2v) is 12.3. The number of aromatic nitrogens is 1. The van der Waals surface area contributed by atoms with Gasteiger partial charge in [-0.3, -0.25) is 4.79 Å². The van der Waals surface area contributed by atoms with Crippen LogP contribution in [0.4, 0.5) is 0 Å². The summed E-state index contributed by atoms with van der Waals surface area (Å²) in [6, 6.07) is 7.92. The minimum atomic E-state index is -0.975. The Hall–Kier alpha value is -1.92. The molecule has 6 heteroatoms. The predicted octanol–water partition coefficient (Wildman–Crippen LogP) is 5.16. The quantitative estimate of drug-likeness (QED) is 0.315. The van der Waals surface area contributed by atoms with Crippen molar-refractivity contribution in [2.75, 3.05) is 14.1 Å². The molecule has 2 saturated carbocycles. The third kappa shape index (κ3) is 4.09. The molecule has 0 saturated heterocycles. The van der Waals surface area contributed by atoms with Crippen LogP contribution in [-0.4, -0.2) is 45.9 Å². The summed E-state index contributed by atoms with van der Waals surface area (Å²) in [7, 11) is 3.75. The van der Waals surface area contributed by atoms with Crippen LogP contribution in [0.15, 0.2) is 53.0 Å². The molecule has 2 aromatic rings. The Labute approximate surface area is 218 Å². The van der Waals surface area contributed by atoms with Crippen LogP contribution in [0.5, 0.6) is 0 Å². The number of aliphatic hydroxyl groups excluding tert-OH is 1. The molecule has 0 amide bonds. The Morgan fingerprint density at radius 1 is 1.08 bits per heavy atom. The van der Waals surface area contributed by atoms with Gasteiger partial charge in [0.05, 0.1) is 16.6 Å².